The summed E-state index contributed by atoms with van der Waals surface area (Å²) in [5, 5.41) is 21.9. The van der Waals surface area contributed by atoms with E-state index in [1.165, 1.54) is 23.3 Å². The fourth-order valence-electron chi connectivity index (χ4n) is 7.56. The van der Waals surface area contributed by atoms with Gasteiger partial charge in [-0.25, -0.2) is 8.78 Å². The number of nitrogens with one attached hydrogen (secondary N) is 1. The molecule has 2 aromatic rings. The highest BCUT2D eigenvalue weighted by atomic mass is 19.1. The average molecular weight is 509 g/mol. The Balaban J connectivity index is 1.22. The summed E-state index contributed by atoms with van der Waals surface area (Å²) >= 11 is 0. The Kier molecular flexibility index (Phi) is 7.25. The summed E-state index contributed by atoms with van der Waals surface area (Å²) in [6.07, 6.45) is 6.01. The van der Waals surface area contributed by atoms with Crippen LogP contribution in [0.4, 0.5) is 8.78 Å². The standard InChI is InChI=1S/C29H34BF2NO4/c1-29-12-11-23-22-10-7-20(30(36)37)13-17(22)6-9-24(23)28(29)18(14-26(29)34)3-2-4-27(35)33-16-19-5-8-21(31)15-25(19)32/h5,7-8,10,13,15,18,23-24,28,36-37H,2-4,6,9,11-12,14,16H2,1H3,(H,33,35)/t18-,23+,24+,28-,29+/m0/s1. The first-order valence-electron chi connectivity index (χ1n) is 13.4. The molecular weight excluding hydrogens is 475 g/mol. The molecule has 1 amide bonds. The molecule has 0 saturated heterocycles. The third kappa shape index (κ3) is 4.98. The average Bonchev–Trinajstić information content (AvgIpc) is 3.12. The van der Waals surface area contributed by atoms with Crippen LogP contribution in [0.2, 0.25) is 0 Å². The molecule has 5 atom stereocenters. The maximum absolute atomic E-state index is 13.8. The topological polar surface area (TPSA) is 86.6 Å². The number of rotatable bonds is 7. The lowest BCUT2D eigenvalue weighted by atomic mass is 9.53. The SMILES string of the molecule is C[C@]12CC[C@@H]3c4ccc(B(O)O)cc4CC[C@H]3[C@@H]1[C@@H](CCCC(=O)NCc1ccc(F)cc1F)CC2=O. The van der Waals surface area contributed by atoms with Crippen LogP contribution in [0, 0.1) is 34.8 Å². The third-order valence-corrected chi connectivity index (χ3v) is 9.36. The highest BCUT2D eigenvalue weighted by Crippen LogP contribution is 2.62. The van der Waals surface area contributed by atoms with Crippen LogP contribution in [0.1, 0.15) is 74.5 Å². The maximum atomic E-state index is 13.8. The number of ketones is 1. The van der Waals surface area contributed by atoms with Gasteiger partial charge in [0, 0.05) is 36.4 Å². The largest absolute Gasteiger partial charge is 0.488 e. The molecule has 0 heterocycles. The van der Waals surface area contributed by atoms with Gasteiger partial charge in [0.1, 0.15) is 17.4 Å². The number of aryl methyl sites for hydroxylation is 1. The van der Waals surface area contributed by atoms with Gasteiger partial charge in [-0.05, 0) is 84.9 Å². The molecule has 8 heteroatoms. The van der Waals surface area contributed by atoms with Crippen molar-refractivity contribution >= 4 is 24.3 Å². The van der Waals surface area contributed by atoms with E-state index in [4.69, 9.17) is 0 Å². The van der Waals surface area contributed by atoms with E-state index in [-0.39, 0.29) is 35.3 Å². The number of carbonyl (C=O) groups is 2. The Bertz CT molecular complexity index is 1200. The van der Waals surface area contributed by atoms with Gasteiger partial charge in [0.2, 0.25) is 5.91 Å². The predicted octanol–water partition coefficient (Wildman–Crippen LogP) is 3.78. The van der Waals surface area contributed by atoms with Crippen LogP contribution in [0.5, 0.6) is 0 Å². The van der Waals surface area contributed by atoms with Crippen LogP contribution in [0.15, 0.2) is 36.4 Å². The highest BCUT2D eigenvalue weighted by Gasteiger charge is 2.58. The molecule has 0 radical (unpaired) electrons. The number of fused-ring (bicyclic) bond motifs is 5. The van der Waals surface area contributed by atoms with Crippen molar-refractivity contribution in [2.24, 2.45) is 23.2 Å². The molecule has 0 aromatic heterocycles. The van der Waals surface area contributed by atoms with Gasteiger partial charge in [-0.15, -0.1) is 0 Å². The van der Waals surface area contributed by atoms with E-state index in [1.807, 2.05) is 12.1 Å². The Hall–Kier alpha value is -2.58. The van der Waals surface area contributed by atoms with E-state index in [9.17, 15) is 28.4 Å². The van der Waals surface area contributed by atoms with Crippen molar-refractivity contribution in [3.8, 4) is 0 Å². The van der Waals surface area contributed by atoms with Crippen LogP contribution < -0.4 is 10.8 Å². The van der Waals surface area contributed by atoms with Crippen molar-refractivity contribution in [1.82, 2.24) is 5.32 Å². The minimum Gasteiger partial charge on any atom is -0.423 e. The van der Waals surface area contributed by atoms with Crippen molar-refractivity contribution in [2.75, 3.05) is 0 Å². The maximum Gasteiger partial charge on any atom is 0.488 e. The minimum atomic E-state index is -1.47. The van der Waals surface area contributed by atoms with E-state index in [2.05, 4.69) is 12.2 Å². The molecule has 5 rings (SSSR count). The molecule has 0 aliphatic heterocycles. The summed E-state index contributed by atoms with van der Waals surface area (Å²) in [6, 6.07) is 9.08. The molecule has 3 aliphatic carbocycles. The van der Waals surface area contributed by atoms with Crippen molar-refractivity contribution in [2.45, 2.75) is 70.8 Å². The Morgan fingerprint density at radius 3 is 2.73 bits per heavy atom. The second-order valence-electron chi connectivity index (χ2n) is 11.4. The van der Waals surface area contributed by atoms with Gasteiger partial charge in [0.05, 0.1) is 0 Å². The van der Waals surface area contributed by atoms with E-state index >= 15 is 0 Å². The molecular formula is C29H34BF2NO4. The lowest BCUT2D eigenvalue weighted by Gasteiger charge is -2.50. The van der Waals surface area contributed by atoms with Gasteiger partial charge in [0.25, 0.3) is 0 Å². The molecule has 5 nitrogen and oxygen atoms in total. The van der Waals surface area contributed by atoms with Crippen LogP contribution in [0.25, 0.3) is 0 Å². The second kappa shape index (κ2) is 10.3. The summed E-state index contributed by atoms with van der Waals surface area (Å²) in [4.78, 5) is 25.6. The number of halogens is 2. The van der Waals surface area contributed by atoms with Gasteiger partial charge < -0.3 is 15.4 Å². The Morgan fingerprint density at radius 1 is 1.16 bits per heavy atom. The van der Waals surface area contributed by atoms with Gasteiger partial charge in [-0.3, -0.25) is 9.59 Å². The summed E-state index contributed by atoms with van der Waals surface area (Å²) in [5.74, 6) is 0.156. The van der Waals surface area contributed by atoms with E-state index in [1.54, 1.807) is 6.07 Å². The lowest BCUT2D eigenvalue weighted by molar-refractivity contribution is -0.129. The highest BCUT2D eigenvalue weighted by molar-refractivity contribution is 6.58. The molecule has 0 spiro atoms. The van der Waals surface area contributed by atoms with Gasteiger partial charge in [0.15, 0.2) is 0 Å². The number of hydrogen-bond acceptors (Lipinski definition) is 4. The molecule has 0 unspecified atom stereocenters. The van der Waals surface area contributed by atoms with Crippen molar-refractivity contribution in [1.29, 1.82) is 0 Å². The van der Waals surface area contributed by atoms with E-state index < -0.39 is 18.8 Å². The van der Waals surface area contributed by atoms with Crippen molar-refractivity contribution in [3.05, 3.63) is 64.7 Å². The molecule has 2 saturated carbocycles. The summed E-state index contributed by atoms with van der Waals surface area (Å²) in [6.45, 7) is 2.16. The molecule has 3 N–H and O–H groups in total. The second-order valence-corrected chi connectivity index (χ2v) is 11.4. The summed E-state index contributed by atoms with van der Waals surface area (Å²) in [5.41, 5.74) is 2.93. The third-order valence-electron chi connectivity index (χ3n) is 9.36. The number of hydrogen-bond donors (Lipinski definition) is 3. The van der Waals surface area contributed by atoms with Gasteiger partial charge in [-0.1, -0.05) is 31.2 Å². The Morgan fingerprint density at radius 2 is 1.97 bits per heavy atom. The summed E-state index contributed by atoms with van der Waals surface area (Å²) < 4.78 is 26.9. The van der Waals surface area contributed by atoms with Crippen LogP contribution in [-0.2, 0) is 22.6 Å². The number of amides is 1. The summed E-state index contributed by atoms with van der Waals surface area (Å²) in [7, 11) is -1.47. The zero-order valence-corrected chi connectivity index (χ0v) is 21.2. The monoisotopic (exact) mass is 509 g/mol. The smallest absolute Gasteiger partial charge is 0.423 e. The molecule has 2 aromatic carbocycles. The number of carbonyl (C=O) groups excluding carboxylic acids is 2. The van der Waals surface area contributed by atoms with Gasteiger partial charge in [-0.2, -0.15) is 0 Å². The zero-order valence-electron chi connectivity index (χ0n) is 21.2. The van der Waals surface area contributed by atoms with Gasteiger partial charge >= 0.3 is 7.12 Å². The predicted molar refractivity (Wildman–Crippen MR) is 137 cm³/mol. The molecule has 196 valence electrons. The first-order valence-corrected chi connectivity index (χ1v) is 13.4. The number of Topliss-reactive ketones (excluding diaryl/α,β-unsaturated/α-hetero) is 1. The van der Waals surface area contributed by atoms with Crippen LogP contribution >= 0.6 is 0 Å². The lowest BCUT2D eigenvalue weighted by Crippen LogP contribution is -2.44. The first-order chi connectivity index (χ1) is 17.7. The fraction of sp³-hybridized carbons (Fsp3) is 0.517. The van der Waals surface area contributed by atoms with Crippen LogP contribution in [0.3, 0.4) is 0 Å². The normalized spacial score (nSPS) is 28.3. The quantitative estimate of drug-likeness (QED) is 0.496. The molecule has 37 heavy (non-hydrogen) atoms. The number of benzene rings is 2. The van der Waals surface area contributed by atoms with E-state index in [0.29, 0.717) is 42.3 Å². The molecule has 3 aliphatic rings. The Labute approximate surface area is 216 Å². The molecule has 0 bridgehead atoms. The first kappa shape index (κ1) is 26.0. The van der Waals surface area contributed by atoms with E-state index in [0.717, 1.165) is 38.2 Å². The minimum absolute atomic E-state index is 0.0196. The zero-order chi connectivity index (χ0) is 26.3. The fourth-order valence-corrected chi connectivity index (χ4v) is 7.56. The molecule has 2 fully saturated rings. The van der Waals surface area contributed by atoms with Crippen molar-refractivity contribution in [3.63, 3.8) is 0 Å². The van der Waals surface area contributed by atoms with Crippen molar-refractivity contribution < 1.29 is 28.4 Å². The van der Waals surface area contributed by atoms with Crippen LogP contribution in [-0.4, -0.2) is 28.9 Å².